The number of nitrogens with zero attached hydrogens (tertiary/aromatic N) is 2. The summed E-state index contributed by atoms with van der Waals surface area (Å²) in [6.07, 6.45) is -17.3. The largest absolute Gasteiger partial charge is 0.463 e. The highest BCUT2D eigenvalue weighted by Gasteiger charge is 2.54. The molecule has 3 saturated heterocycles. The van der Waals surface area contributed by atoms with Crippen LogP contribution in [0, 0.1) is 0 Å². The average Bonchev–Trinajstić information content (AvgIpc) is 0.798. The van der Waals surface area contributed by atoms with Gasteiger partial charge >= 0.3 is 59.7 Å². The molecule has 0 bridgehead atoms. The van der Waals surface area contributed by atoms with E-state index in [2.05, 4.69) is 26.6 Å². The highest BCUT2D eigenvalue weighted by molar-refractivity contribution is 5.85. The number of unbranched alkanes of at least 4 members (excludes halogenated alkanes) is 3. The SMILES string of the molecule is CC(=O)NC1C(OC(C)=O)[C@@H](OC(C)=O)C(COC(C)=O)O[C@H]1OCCCCC(=O)NCCCN(CCCN(CCCNC(=O)C(CO)OC(=O)CCC(N)=O)C(=O)CCCCO[C@@H]1OC(COC(C)=O)[C@H](OC(C)=O)C(OC(C)=O)[C@H]1NC(C)=O)C(=O)CCCCO[C@@H]1OC(COC(C)=O)[C@H](OC(C)=O)C(OC(C)=O)C1NC(C)=O. The summed E-state index contributed by atoms with van der Waals surface area (Å²) in [7, 11) is 0. The molecule has 43 heteroatoms. The van der Waals surface area contributed by atoms with Crippen LogP contribution in [0.15, 0.2) is 0 Å². The van der Waals surface area contributed by atoms with Crippen LogP contribution >= 0.6 is 0 Å². The van der Waals surface area contributed by atoms with Gasteiger partial charge in [0.15, 0.2) is 55.5 Å². The van der Waals surface area contributed by atoms with Crippen molar-refractivity contribution in [2.24, 2.45) is 5.73 Å². The van der Waals surface area contributed by atoms with Gasteiger partial charge in [-0.25, -0.2) is 0 Å². The smallest absolute Gasteiger partial charge is 0.307 e. The van der Waals surface area contributed by atoms with Crippen molar-refractivity contribution in [2.75, 3.05) is 85.5 Å². The van der Waals surface area contributed by atoms with Crippen LogP contribution in [-0.2, 0) is 162 Å². The molecule has 3 aliphatic rings. The van der Waals surface area contributed by atoms with E-state index in [9.17, 15) is 91.4 Å². The second kappa shape index (κ2) is 53.4. The average molecular weight is 1660 g/mol. The molecule has 43 nitrogen and oxygen atoms in total. The van der Waals surface area contributed by atoms with E-state index in [-0.39, 0.29) is 154 Å². The molecule has 8 amide bonds. The summed E-state index contributed by atoms with van der Waals surface area (Å²) < 4.78 is 90.0. The van der Waals surface area contributed by atoms with Crippen LogP contribution in [-0.4, -0.2) is 305 Å². The van der Waals surface area contributed by atoms with E-state index < -0.39 is 226 Å². The molecular formula is C73H114N8O35. The lowest BCUT2D eigenvalue weighted by molar-refractivity contribution is -0.277. The van der Waals surface area contributed by atoms with Gasteiger partial charge in [-0.1, -0.05) is 0 Å². The van der Waals surface area contributed by atoms with E-state index >= 15 is 0 Å². The van der Waals surface area contributed by atoms with Crippen LogP contribution < -0.4 is 32.3 Å². The van der Waals surface area contributed by atoms with Gasteiger partial charge < -0.3 is 123 Å². The molecule has 0 aromatic carbocycles. The second-order valence-electron chi connectivity index (χ2n) is 27.2. The number of carbonyl (C=O) groups excluding carboxylic acids is 18. The van der Waals surface area contributed by atoms with Gasteiger partial charge in [0.05, 0.1) is 13.0 Å². The molecular weight excluding hydrogens is 1550 g/mol. The number of aliphatic hydroxyl groups is 1. The Balaban J connectivity index is 1.90. The summed E-state index contributed by atoms with van der Waals surface area (Å²) in [5, 5.41) is 23.1. The Kier molecular flexibility index (Phi) is 46.2. The van der Waals surface area contributed by atoms with Crippen molar-refractivity contribution in [3.05, 3.63) is 0 Å². The van der Waals surface area contributed by atoms with E-state index in [0.29, 0.717) is 0 Å². The van der Waals surface area contributed by atoms with Gasteiger partial charge in [-0.3, -0.25) is 86.3 Å². The minimum atomic E-state index is -1.66. The zero-order valence-electron chi connectivity index (χ0n) is 67.6. The minimum Gasteiger partial charge on any atom is -0.463 e. The number of hydrogen-bond acceptors (Lipinski definition) is 35. The lowest BCUT2D eigenvalue weighted by atomic mass is 9.96. The van der Waals surface area contributed by atoms with Crippen LogP contribution in [0.4, 0.5) is 0 Å². The summed E-state index contributed by atoms with van der Waals surface area (Å²) in [6, 6.07) is -3.77. The lowest BCUT2D eigenvalue weighted by Gasteiger charge is -2.44. The second-order valence-corrected chi connectivity index (χ2v) is 27.2. The third kappa shape index (κ3) is 39.2. The Bertz CT molecular complexity index is 3310. The van der Waals surface area contributed by atoms with E-state index in [1.54, 1.807) is 0 Å². The van der Waals surface area contributed by atoms with Gasteiger partial charge in [-0.2, -0.15) is 0 Å². The first-order valence-electron chi connectivity index (χ1n) is 38.0. The zero-order chi connectivity index (χ0) is 86.7. The van der Waals surface area contributed by atoms with Crippen LogP contribution in [0.3, 0.4) is 0 Å². The number of ether oxygens (including phenoxy) is 16. The number of esters is 10. The summed E-state index contributed by atoms with van der Waals surface area (Å²) in [5.41, 5.74) is 5.12. The predicted molar refractivity (Wildman–Crippen MR) is 390 cm³/mol. The molecule has 3 heterocycles. The molecule has 3 rings (SSSR count). The van der Waals surface area contributed by atoms with E-state index in [4.69, 9.17) is 81.5 Å². The molecule has 8 N–H and O–H groups in total. The number of nitrogens with two attached hydrogens (primary N) is 1. The molecule has 9 unspecified atom stereocenters. The highest BCUT2D eigenvalue weighted by atomic mass is 16.7. The van der Waals surface area contributed by atoms with Gasteiger partial charge in [-0.05, 0) is 57.8 Å². The topological polar surface area (TPSA) is 568 Å². The fourth-order valence-electron chi connectivity index (χ4n) is 12.3. The van der Waals surface area contributed by atoms with Gasteiger partial charge in [0.1, 0.15) is 56.3 Å². The Morgan fingerprint density at radius 2 is 0.681 bits per heavy atom. The molecule has 0 spiro atoms. The van der Waals surface area contributed by atoms with Crippen LogP contribution in [0.5, 0.6) is 0 Å². The van der Waals surface area contributed by atoms with Crippen molar-refractivity contribution in [1.29, 1.82) is 0 Å². The highest BCUT2D eigenvalue weighted by Crippen LogP contribution is 2.32. The predicted octanol–water partition coefficient (Wildman–Crippen LogP) is -2.26. The molecule has 0 saturated carbocycles. The van der Waals surface area contributed by atoms with Crippen molar-refractivity contribution in [2.45, 2.75) is 271 Å². The van der Waals surface area contributed by atoms with Crippen LogP contribution in [0.1, 0.15) is 173 Å². The number of carbonyl (C=O) groups is 18. The van der Waals surface area contributed by atoms with Gasteiger partial charge in [0.2, 0.25) is 47.5 Å². The first-order chi connectivity index (χ1) is 54.8. The third-order valence-electron chi connectivity index (χ3n) is 17.1. The van der Waals surface area contributed by atoms with E-state index in [1.807, 2.05) is 0 Å². The minimum absolute atomic E-state index is 0.00824. The summed E-state index contributed by atoms with van der Waals surface area (Å²) in [5.74, 6) is -12.7. The maximum Gasteiger partial charge on any atom is 0.307 e. The standard InChI is InChI=1S/C73H114N8O35/c1-40(83)77-61-67(110-49(10)92)64(107-46(7)89)53(37-104-43(4)86)114-71(61)101-33-16-13-22-57(96)75-27-19-29-80(58(97)23-14-17-34-102-72-62(78-41(2)84)68(111-50(11)93)65(108-47(8)90)54(115-72)38-105-44(5)87)31-21-32-81(30-20-28-76-70(100)52(36-82)113-60(99)26-25-56(74)95)59(98)24-15-18-35-103-73-63(79-42(3)85)69(112-51(12)94)66(109-48(9)91)55(116-73)39-106-45(6)88/h52-55,61-69,71-73,82H,13-39H2,1-12H3,(H2,74,95)(H,75,96)(H,76,100)(H,77,83)(H,78,84)(H,79,85)/t52?,53?,54?,55?,61?,62?,63-,64+,65+,66+,67?,68?,69?,71-,72-,73-/m1/s1. The Labute approximate surface area is 670 Å². The quantitative estimate of drug-likeness (QED) is 0.0192. The summed E-state index contributed by atoms with van der Waals surface area (Å²) >= 11 is 0. The molecule has 0 aromatic heterocycles. The number of primary amides is 1. The van der Waals surface area contributed by atoms with Crippen molar-refractivity contribution in [3.63, 3.8) is 0 Å². The number of aliphatic hydroxyl groups excluding tert-OH is 1. The molecule has 3 fully saturated rings. The lowest BCUT2D eigenvalue weighted by Crippen LogP contribution is -2.66. The van der Waals surface area contributed by atoms with E-state index in [1.165, 1.54) is 30.6 Å². The molecule has 0 aromatic rings. The van der Waals surface area contributed by atoms with Gasteiger partial charge in [-0.15, -0.1) is 0 Å². The monoisotopic (exact) mass is 1660 g/mol. The van der Waals surface area contributed by atoms with Crippen molar-refractivity contribution in [1.82, 2.24) is 36.4 Å². The molecule has 656 valence electrons. The fraction of sp³-hybridized carbons (Fsp3) is 0.753. The number of rotatable bonds is 51. The first kappa shape index (κ1) is 100. The van der Waals surface area contributed by atoms with E-state index in [0.717, 1.165) is 62.3 Å². The number of amides is 8. The molecule has 0 radical (unpaired) electrons. The molecule has 116 heavy (non-hydrogen) atoms. The van der Waals surface area contributed by atoms with Crippen molar-refractivity contribution in [3.8, 4) is 0 Å². The number of hydrogen-bond donors (Lipinski definition) is 7. The molecule has 3 aliphatic heterocycles. The van der Waals surface area contributed by atoms with Crippen LogP contribution in [0.25, 0.3) is 0 Å². The summed E-state index contributed by atoms with van der Waals surface area (Å²) in [4.78, 5) is 229. The zero-order valence-corrected chi connectivity index (χ0v) is 67.6. The Morgan fingerprint density at radius 3 is 0.983 bits per heavy atom. The Morgan fingerprint density at radius 1 is 0.371 bits per heavy atom. The van der Waals surface area contributed by atoms with Gasteiger partial charge in [0, 0.05) is 168 Å². The maximum atomic E-state index is 14.4. The fourth-order valence-corrected chi connectivity index (χ4v) is 12.3. The molecule has 0 aliphatic carbocycles. The maximum absolute atomic E-state index is 14.4. The molecule has 16 atom stereocenters. The number of nitrogens with one attached hydrogen (secondary N) is 5. The van der Waals surface area contributed by atoms with Crippen LogP contribution in [0.2, 0.25) is 0 Å². The summed E-state index contributed by atoms with van der Waals surface area (Å²) in [6.45, 7) is 10.8. The third-order valence-corrected chi connectivity index (χ3v) is 17.1. The van der Waals surface area contributed by atoms with Crippen molar-refractivity contribution < 1.29 is 167 Å². The van der Waals surface area contributed by atoms with Crippen molar-refractivity contribution >= 4 is 107 Å². The van der Waals surface area contributed by atoms with Gasteiger partial charge in [0.25, 0.3) is 5.91 Å². The first-order valence-corrected chi connectivity index (χ1v) is 38.0. The normalized spacial score (nSPS) is 23.0. The Hall–Kier alpha value is -9.82.